The van der Waals surface area contributed by atoms with Crippen LogP contribution in [0, 0.1) is 31.1 Å². The molecule has 0 atom stereocenters. The molecule has 9 heteroatoms. The second-order valence-corrected chi connectivity index (χ2v) is 5.80. The Bertz CT molecular complexity index is 686. The number of hydrogen-bond acceptors (Lipinski definition) is 7. The number of aromatic amines is 1. The van der Waals surface area contributed by atoms with Crippen LogP contribution >= 0.6 is 0 Å². The Hall–Kier alpha value is -1.27. The van der Waals surface area contributed by atoms with Crippen LogP contribution in [0.3, 0.4) is 0 Å². The molecular weight excluding hydrogens is 590 g/mol. The SMILES string of the molecule is CC.O=C(CCCN1CCOCC1)OCCOC(=O)c1cc2occc2[nH]1.[HH].[U]. The fraction of sp³-hybridized carbons (Fsp3) is 0.579. The third-order valence-corrected chi connectivity index (χ3v) is 4.00. The Labute approximate surface area is 190 Å². The van der Waals surface area contributed by atoms with E-state index in [4.69, 9.17) is 18.6 Å². The van der Waals surface area contributed by atoms with Crippen molar-refractivity contribution >= 4 is 23.0 Å². The van der Waals surface area contributed by atoms with Crippen molar-refractivity contribution in [3.05, 3.63) is 24.1 Å². The molecule has 0 spiro atoms. The van der Waals surface area contributed by atoms with Crippen molar-refractivity contribution in [2.24, 2.45) is 0 Å². The van der Waals surface area contributed by atoms with Crippen molar-refractivity contribution in [1.29, 1.82) is 0 Å². The summed E-state index contributed by atoms with van der Waals surface area (Å²) in [6.45, 7) is 8.26. The monoisotopic (exact) mass is 620 g/mol. The molecule has 0 bridgehead atoms. The van der Waals surface area contributed by atoms with Gasteiger partial charge in [-0.3, -0.25) is 9.69 Å². The summed E-state index contributed by atoms with van der Waals surface area (Å²) in [7, 11) is 0. The van der Waals surface area contributed by atoms with Crippen LogP contribution < -0.4 is 0 Å². The molecule has 0 unspecified atom stereocenters. The predicted molar refractivity (Wildman–Crippen MR) is 102 cm³/mol. The summed E-state index contributed by atoms with van der Waals surface area (Å²) in [4.78, 5) is 28.7. The summed E-state index contributed by atoms with van der Waals surface area (Å²) in [6.07, 6.45) is 2.65. The van der Waals surface area contributed by atoms with E-state index >= 15 is 0 Å². The van der Waals surface area contributed by atoms with Gasteiger partial charge in [0.25, 0.3) is 0 Å². The number of fused-ring (bicyclic) bond motifs is 1. The average Bonchev–Trinajstić information content (AvgIpc) is 3.30. The summed E-state index contributed by atoms with van der Waals surface area (Å²) in [5, 5.41) is 0. The molecule has 0 aliphatic carbocycles. The maximum atomic E-state index is 11.9. The summed E-state index contributed by atoms with van der Waals surface area (Å²) in [6, 6.07) is 3.31. The van der Waals surface area contributed by atoms with Gasteiger partial charge in [0.1, 0.15) is 18.9 Å². The van der Waals surface area contributed by atoms with E-state index in [0.29, 0.717) is 17.7 Å². The van der Waals surface area contributed by atoms with E-state index in [9.17, 15) is 9.59 Å². The number of carbonyl (C=O) groups is 2. The van der Waals surface area contributed by atoms with Gasteiger partial charge in [0.05, 0.1) is 25.0 Å². The molecule has 2 aromatic heterocycles. The molecule has 0 aromatic carbocycles. The number of esters is 2. The summed E-state index contributed by atoms with van der Waals surface area (Å²) in [5.74, 6) is -0.781. The number of ether oxygens (including phenoxy) is 3. The first-order chi connectivity index (χ1) is 13.2. The van der Waals surface area contributed by atoms with Gasteiger partial charge in [-0.2, -0.15) is 0 Å². The van der Waals surface area contributed by atoms with Crippen molar-refractivity contribution in [1.82, 2.24) is 9.88 Å². The van der Waals surface area contributed by atoms with Crippen LogP contribution in [0.1, 0.15) is 38.6 Å². The summed E-state index contributed by atoms with van der Waals surface area (Å²) in [5.41, 5.74) is 1.64. The van der Waals surface area contributed by atoms with Gasteiger partial charge in [-0.1, -0.05) is 13.8 Å². The average molecular weight is 620 g/mol. The Kier molecular flexibility index (Phi) is 12.2. The molecule has 2 aromatic rings. The number of nitrogens with zero attached hydrogens (tertiary/aromatic N) is 1. The maximum Gasteiger partial charge on any atom is 0.355 e. The fourth-order valence-electron chi connectivity index (χ4n) is 2.67. The van der Waals surface area contributed by atoms with E-state index in [2.05, 4.69) is 9.88 Å². The number of aromatic nitrogens is 1. The molecule has 28 heavy (non-hydrogen) atoms. The first kappa shape index (κ1) is 24.8. The van der Waals surface area contributed by atoms with Crippen LogP contribution in [0.15, 0.2) is 22.8 Å². The molecule has 0 saturated carbocycles. The molecule has 0 radical (unpaired) electrons. The van der Waals surface area contributed by atoms with Crippen molar-refractivity contribution in [2.75, 3.05) is 46.1 Å². The number of H-pyrrole nitrogens is 1. The zero-order valence-electron chi connectivity index (χ0n) is 16.5. The van der Waals surface area contributed by atoms with Gasteiger partial charge in [0.2, 0.25) is 0 Å². The minimum Gasteiger partial charge on any atom is -0.463 e. The smallest absolute Gasteiger partial charge is 0.355 e. The summed E-state index contributed by atoms with van der Waals surface area (Å²) >= 11 is 0. The Balaban J connectivity index is 0.00000190. The van der Waals surface area contributed by atoms with Gasteiger partial charge < -0.3 is 23.6 Å². The molecule has 1 aliphatic rings. The van der Waals surface area contributed by atoms with Crippen LogP contribution in [0.25, 0.3) is 11.1 Å². The quantitative estimate of drug-likeness (QED) is 0.359. The first-order valence-electron chi connectivity index (χ1n) is 9.41. The normalized spacial score (nSPS) is 13.9. The van der Waals surface area contributed by atoms with E-state index in [-0.39, 0.29) is 51.7 Å². The van der Waals surface area contributed by atoms with E-state index in [1.165, 1.54) is 6.26 Å². The molecule has 1 aliphatic heterocycles. The number of carbonyl (C=O) groups excluding carboxylic acids is 2. The van der Waals surface area contributed by atoms with Gasteiger partial charge in [-0.25, -0.2) is 4.79 Å². The molecule has 8 nitrogen and oxygen atoms in total. The largest absolute Gasteiger partial charge is 0.463 e. The van der Waals surface area contributed by atoms with Crippen LogP contribution in [-0.2, 0) is 19.0 Å². The Morgan fingerprint density at radius 1 is 1.21 bits per heavy atom. The molecule has 1 fully saturated rings. The van der Waals surface area contributed by atoms with Crippen molar-refractivity contribution in [3.8, 4) is 0 Å². The van der Waals surface area contributed by atoms with Crippen LogP contribution in [0.2, 0.25) is 0 Å². The molecule has 1 N–H and O–H groups in total. The van der Waals surface area contributed by atoms with E-state index in [0.717, 1.165) is 44.8 Å². The van der Waals surface area contributed by atoms with Gasteiger partial charge in [0.15, 0.2) is 5.58 Å². The first-order valence-corrected chi connectivity index (χ1v) is 9.41. The van der Waals surface area contributed by atoms with E-state index in [1.54, 1.807) is 12.1 Å². The third-order valence-electron chi connectivity index (χ3n) is 4.00. The third kappa shape index (κ3) is 8.00. The Morgan fingerprint density at radius 3 is 2.64 bits per heavy atom. The van der Waals surface area contributed by atoms with E-state index < -0.39 is 5.97 Å². The second-order valence-electron chi connectivity index (χ2n) is 5.80. The zero-order valence-corrected chi connectivity index (χ0v) is 20.7. The molecular formula is C19H30N2O6U. The second kappa shape index (κ2) is 13.8. The van der Waals surface area contributed by atoms with Gasteiger partial charge >= 0.3 is 11.9 Å². The van der Waals surface area contributed by atoms with Crippen LogP contribution in [0.5, 0.6) is 0 Å². The van der Waals surface area contributed by atoms with E-state index in [1.807, 2.05) is 13.8 Å². The fourth-order valence-corrected chi connectivity index (χ4v) is 2.67. The topological polar surface area (TPSA) is 94.0 Å². The number of furan rings is 1. The molecule has 0 amide bonds. The van der Waals surface area contributed by atoms with Gasteiger partial charge in [0, 0.05) is 64.2 Å². The van der Waals surface area contributed by atoms with Gasteiger partial charge in [-0.05, 0) is 13.0 Å². The molecule has 1 saturated heterocycles. The minimum absolute atomic E-state index is 0. The number of nitrogens with one attached hydrogen (secondary N) is 1. The number of hydrogen-bond donors (Lipinski definition) is 1. The minimum atomic E-state index is -0.505. The number of morpholine rings is 1. The Morgan fingerprint density at radius 2 is 1.93 bits per heavy atom. The zero-order chi connectivity index (χ0) is 19.5. The van der Waals surface area contributed by atoms with Crippen molar-refractivity contribution in [2.45, 2.75) is 26.7 Å². The van der Waals surface area contributed by atoms with Gasteiger partial charge in [-0.15, -0.1) is 0 Å². The maximum absolute atomic E-state index is 11.9. The molecule has 3 heterocycles. The van der Waals surface area contributed by atoms with Crippen LogP contribution in [0.4, 0.5) is 0 Å². The molecule has 156 valence electrons. The molecule has 3 rings (SSSR count). The van der Waals surface area contributed by atoms with Crippen molar-refractivity contribution in [3.63, 3.8) is 0 Å². The van der Waals surface area contributed by atoms with Crippen molar-refractivity contribution < 1.29 is 60.8 Å². The summed E-state index contributed by atoms with van der Waals surface area (Å²) < 4.78 is 20.6. The predicted octanol–water partition coefficient (Wildman–Crippen LogP) is 2.85. The van der Waals surface area contributed by atoms with Crippen LogP contribution in [-0.4, -0.2) is 67.9 Å². The number of rotatable bonds is 8. The standard InChI is InChI=1S/C17H22N2O6.C2H6.U.H2/c20-16(2-1-4-19-5-8-22-9-6-19)24-10-11-25-17(21)14-12-15-13(18-14)3-7-23-15;1-2;;/h3,7,12,18H,1-2,4-6,8-11H2;1-2H3;;1H.